The summed E-state index contributed by atoms with van der Waals surface area (Å²) in [5.74, 6) is -0.163. The number of esters is 1. The van der Waals surface area contributed by atoms with E-state index >= 15 is 0 Å². The predicted molar refractivity (Wildman–Crippen MR) is 111 cm³/mol. The number of fused-ring (bicyclic) bond motifs is 1. The maximum atomic E-state index is 12.4. The number of hydrogen-bond acceptors (Lipinski definition) is 5. The zero-order valence-corrected chi connectivity index (χ0v) is 17.7. The molecule has 0 saturated heterocycles. The monoisotopic (exact) mass is 459 g/mol. The lowest BCUT2D eigenvalue weighted by atomic mass is 10.1. The molecule has 0 fully saturated rings. The zero-order chi connectivity index (χ0) is 20.8. The molecule has 0 radical (unpaired) electrons. The Morgan fingerprint density at radius 2 is 1.69 bits per heavy atom. The Kier molecular flexibility index (Phi) is 7.04. The molecule has 0 bridgehead atoms. The van der Waals surface area contributed by atoms with Crippen molar-refractivity contribution in [1.29, 1.82) is 0 Å². The van der Waals surface area contributed by atoms with E-state index < -0.39 is 0 Å². The molecule has 2 amide bonds. The third-order valence-corrected chi connectivity index (χ3v) is 5.03. The van der Waals surface area contributed by atoms with E-state index in [4.69, 9.17) is 9.47 Å². The third kappa shape index (κ3) is 5.44. The van der Waals surface area contributed by atoms with Crippen LogP contribution >= 0.6 is 15.9 Å². The second-order valence-corrected chi connectivity index (χ2v) is 7.71. The minimum Gasteiger partial charge on any atom is -0.494 e. The molecule has 152 valence electrons. The van der Waals surface area contributed by atoms with E-state index in [2.05, 4.69) is 15.9 Å². The number of amides is 2. The van der Waals surface area contributed by atoms with Crippen LogP contribution in [0.1, 0.15) is 45.5 Å². The number of hydrogen-bond donors (Lipinski definition) is 0. The number of carbonyl (C=O) groups is 3. The van der Waals surface area contributed by atoms with Gasteiger partial charge in [-0.05, 0) is 50.1 Å². The van der Waals surface area contributed by atoms with E-state index in [0.29, 0.717) is 30.6 Å². The molecule has 1 heterocycles. The summed E-state index contributed by atoms with van der Waals surface area (Å²) in [6, 6.07) is 12.7. The first kappa shape index (κ1) is 21.0. The molecule has 6 nitrogen and oxygen atoms in total. The molecule has 0 N–H and O–H groups in total. The first-order chi connectivity index (χ1) is 14.0. The van der Waals surface area contributed by atoms with Gasteiger partial charge in [-0.2, -0.15) is 0 Å². The van der Waals surface area contributed by atoms with Crippen molar-refractivity contribution >= 4 is 33.7 Å². The maximum Gasteiger partial charge on any atom is 0.305 e. The minimum absolute atomic E-state index is 0.161. The molecular formula is C22H22BrNO5. The molecule has 0 aliphatic carbocycles. The highest BCUT2D eigenvalue weighted by atomic mass is 79.9. The topological polar surface area (TPSA) is 72.9 Å². The van der Waals surface area contributed by atoms with Crippen LogP contribution in [0.25, 0.3) is 0 Å². The van der Waals surface area contributed by atoms with Crippen LogP contribution in [-0.4, -0.2) is 42.4 Å². The van der Waals surface area contributed by atoms with E-state index in [-0.39, 0.29) is 37.4 Å². The number of benzene rings is 2. The number of halogens is 1. The fraction of sp³-hybridized carbons (Fsp3) is 0.318. The van der Waals surface area contributed by atoms with E-state index in [1.807, 2.05) is 31.2 Å². The summed E-state index contributed by atoms with van der Waals surface area (Å²) in [5.41, 5.74) is 1.97. The maximum absolute atomic E-state index is 12.4. The highest BCUT2D eigenvalue weighted by molar-refractivity contribution is 9.10. The van der Waals surface area contributed by atoms with Crippen LogP contribution in [0.4, 0.5) is 0 Å². The Hall–Kier alpha value is -2.67. The third-order valence-electron chi connectivity index (χ3n) is 4.54. The van der Waals surface area contributed by atoms with Crippen LogP contribution in [0.2, 0.25) is 0 Å². The summed E-state index contributed by atoms with van der Waals surface area (Å²) >= 11 is 3.31. The number of aryl methyl sites for hydroxylation is 1. The Bertz CT molecular complexity index is 910. The van der Waals surface area contributed by atoms with E-state index in [0.717, 1.165) is 15.8 Å². The second kappa shape index (κ2) is 9.69. The van der Waals surface area contributed by atoms with Gasteiger partial charge >= 0.3 is 5.97 Å². The number of ether oxygens (including phenoxy) is 2. The molecule has 1 aliphatic heterocycles. The summed E-state index contributed by atoms with van der Waals surface area (Å²) in [7, 11) is 0. The molecule has 1 aliphatic rings. The van der Waals surface area contributed by atoms with Gasteiger partial charge in [-0.15, -0.1) is 0 Å². The summed E-state index contributed by atoms with van der Waals surface area (Å²) < 4.78 is 11.5. The molecule has 0 atom stereocenters. The van der Waals surface area contributed by atoms with Crippen LogP contribution in [0.3, 0.4) is 0 Å². The Labute approximate surface area is 177 Å². The van der Waals surface area contributed by atoms with Gasteiger partial charge in [0.05, 0.1) is 24.3 Å². The predicted octanol–water partition coefficient (Wildman–Crippen LogP) is 4.15. The number of nitrogens with zero attached hydrogens (tertiary/aromatic N) is 1. The molecule has 0 unspecified atom stereocenters. The molecule has 3 rings (SSSR count). The molecule has 2 aromatic carbocycles. The molecule has 2 aromatic rings. The average molecular weight is 460 g/mol. The van der Waals surface area contributed by atoms with Gasteiger partial charge in [0, 0.05) is 17.4 Å². The number of carbonyl (C=O) groups excluding carboxylic acids is 3. The minimum atomic E-state index is -0.316. The quantitative estimate of drug-likeness (QED) is 0.320. The standard InChI is InChI=1S/C22H22BrNO5/c1-15-5-8-17(9-6-15)28-12-2-4-20(25)29-13-3-11-24-21(26)18-10-7-16(23)14-19(18)22(24)27/h5-10,14H,2-4,11-13H2,1H3. The van der Waals surface area contributed by atoms with Gasteiger partial charge < -0.3 is 9.47 Å². The van der Waals surface area contributed by atoms with Crippen LogP contribution < -0.4 is 4.74 Å². The normalized spacial score (nSPS) is 12.8. The lowest BCUT2D eigenvalue weighted by Crippen LogP contribution is -2.31. The van der Waals surface area contributed by atoms with Gasteiger partial charge in [0.2, 0.25) is 0 Å². The molecule has 0 spiro atoms. The Morgan fingerprint density at radius 3 is 2.45 bits per heavy atom. The lowest BCUT2D eigenvalue weighted by molar-refractivity contribution is -0.144. The van der Waals surface area contributed by atoms with Gasteiger partial charge in [-0.25, -0.2) is 0 Å². The molecule has 0 aromatic heterocycles. The van der Waals surface area contributed by atoms with Crippen molar-refractivity contribution in [2.75, 3.05) is 19.8 Å². The highest BCUT2D eigenvalue weighted by Gasteiger charge is 2.35. The highest BCUT2D eigenvalue weighted by Crippen LogP contribution is 2.26. The summed E-state index contributed by atoms with van der Waals surface area (Å²) in [5, 5.41) is 0. The van der Waals surface area contributed by atoms with Crippen molar-refractivity contribution in [2.24, 2.45) is 0 Å². The van der Waals surface area contributed by atoms with Gasteiger partial charge in [0.15, 0.2) is 0 Å². The van der Waals surface area contributed by atoms with E-state index in [1.165, 1.54) is 4.90 Å². The molecule has 0 saturated carbocycles. The summed E-state index contributed by atoms with van der Waals surface area (Å²) in [4.78, 5) is 37.7. The van der Waals surface area contributed by atoms with Gasteiger partial charge in [0.25, 0.3) is 11.8 Å². The Balaban J connectivity index is 1.32. The first-order valence-corrected chi connectivity index (χ1v) is 10.3. The average Bonchev–Trinajstić information content (AvgIpc) is 2.94. The van der Waals surface area contributed by atoms with Crippen molar-refractivity contribution in [3.63, 3.8) is 0 Å². The fourth-order valence-electron chi connectivity index (χ4n) is 2.99. The van der Waals surface area contributed by atoms with Crippen molar-refractivity contribution in [3.8, 4) is 5.75 Å². The van der Waals surface area contributed by atoms with Crippen LogP contribution in [-0.2, 0) is 9.53 Å². The largest absolute Gasteiger partial charge is 0.494 e. The lowest BCUT2D eigenvalue weighted by Gasteiger charge is -2.13. The summed E-state index contributed by atoms with van der Waals surface area (Å²) in [6.07, 6.45) is 1.21. The molecular weight excluding hydrogens is 438 g/mol. The number of imide groups is 1. The first-order valence-electron chi connectivity index (χ1n) is 9.46. The van der Waals surface area contributed by atoms with E-state index in [9.17, 15) is 14.4 Å². The Morgan fingerprint density at radius 1 is 0.966 bits per heavy atom. The van der Waals surface area contributed by atoms with Crippen molar-refractivity contribution < 1.29 is 23.9 Å². The van der Waals surface area contributed by atoms with E-state index in [1.54, 1.807) is 18.2 Å². The van der Waals surface area contributed by atoms with Gasteiger partial charge in [0.1, 0.15) is 5.75 Å². The summed E-state index contributed by atoms with van der Waals surface area (Å²) in [6.45, 7) is 2.82. The van der Waals surface area contributed by atoms with Crippen LogP contribution in [0, 0.1) is 6.92 Å². The smallest absolute Gasteiger partial charge is 0.305 e. The molecule has 7 heteroatoms. The van der Waals surface area contributed by atoms with Crippen LogP contribution in [0.15, 0.2) is 46.9 Å². The van der Waals surface area contributed by atoms with Crippen molar-refractivity contribution in [2.45, 2.75) is 26.2 Å². The van der Waals surface area contributed by atoms with Crippen molar-refractivity contribution in [1.82, 2.24) is 4.90 Å². The SMILES string of the molecule is Cc1ccc(OCCCC(=O)OCCCN2C(=O)c3ccc(Br)cc3C2=O)cc1. The fourth-order valence-corrected chi connectivity index (χ4v) is 3.35. The second-order valence-electron chi connectivity index (χ2n) is 6.79. The van der Waals surface area contributed by atoms with Gasteiger partial charge in [-0.1, -0.05) is 33.6 Å². The molecule has 29 heavy (non-hydrogen) atoms. The van der Waals surface area contributed by atoms with Gasteiger partial charge in [-0.3, -0.25) is 19.3 Å². The number of rotatable bonds is 9. The zero-order valence-electron chi connectivity index (χ0n) is 16.2. The van der Waals surface area contributed by atoms with Crippen molar-refractivity contribution in [3.05, 3.63) is 63.6 Å². The van der Waals surface area contributed by atoms with Crippen LogP contribution in [0.5, 0.6) is 5.75 Å².